The van der Waals surface area contributed by atoms with E-state index >= 15 is 0 Å². The minimum atomic E-state index is 0. The molecular formula is C10H12Cl3N3. The van der Waals surface area contributed by atoms with E-state index in [1.54, 1.807) is 6.20 Å². The topological polar surface area (TPSA) is 28.2 Å². The molecule has 0 bridgehead atoms. The molecule has 6 heteroatoms. The predicted octanol–water partition coefficient (Wildman–Crippen LogP) is 2.22. The fourth-order valence-electron chi connectivity index (χ4n) is 2.25. The average Bonchev–Trinajstić information content (AvgIpc) is 2.48. The van der Waals surface area contributed by atoms with Crippen LogP contribution in [0.1, 0.15) is 0 Å². The summed E-state index contributed by atoms with van der Waals surface area (Å²) in [6, 6.07) is 2.54. The number of hydrogen-bond acceptors (Lipinski definition) is 3. The molecule has 2 fully saturated rings. The Hall–Kier alpha value is -0.220. The predicted molar refractivity (Wildman–Crippen MR) is 69.0 cm³/mol. The van der Waals surface area contributed by atoms with Crippen LogP contribution in [0.3, 0.4) is 0 Å². The zero-order chi connectivity index (χ0) is 10.4. The first-order valence-corrected chi connectivity index (χ1v) is 5.79. The highest BCUT2D eigenvalue weighted by molar-refractivity contribution is 6.41. The minimum Gasteiger partial charge on any atom is -0.368 e. The van der Waals surface area contributed by atoms with E-state index in [-0.39, 0.29) is 12.4 Å². The van der Waals surface area contributed by atoms with E-state index in [0.717, 1.165) is 31.2 Å². The Morgan fingerprint density at radius 1 is 1.38 bits per heavy atom. The van der Waals surface area contributed by atoms with Crippen LogP contribution in [-0.2, 0) is 0 Å². The second kappa shape index (κ2) is 4.57. The number of nitrogens with zero attached hydrogens (tertiary/aromatic N) is 2. The Morgan fingerprint density at radius 2 is 2.19 bits per heavy atom. The first-order chi connectivity index (χ1) is 7.24. The number of fused-ring (bicyclic) bond motifs is 1. The Bertz CT molecular complexity index is 387. The van der Waals surface area contributed by atoms with E-state index in [1.807, 2.05) is 6.07 Å². The molecule has 1 aromatic heterocycles. The highest BCUT2D eigenvalue weighted by Crippen LogP contribution is 2.30. The van der Waals surface area contributed by atoms with Gasteiger partial charge in [0.1, 0.15) is 5.15 Å². The maximum Gasteiger partial charge on any atom is 0.147 e. The van der Waals surface area contributed by atoms with E-state index in [2.05, 4.69) is 15.2 Å². The fourth-order valence-corrected chi connectivity index (χ4v) is 2.51. The van der Waals surface area contributed by atoms with Crippen LogP contribution in [0.25, 0.3) is 0 Å². The van der Waals surface area contributed by atoms with Gasteiger partial charge < -0.3 is 10.2 Å². The molecule has 2 aliphatic heterocycles. The van der Waals surface area contributed by atoms with Crippen LogP contribution in [0.5, 0.6) is 0 Å². The van der Waals surface area contributed by atoms with Crippen molar-refractivity contribution in [3.8, 4) is 0 Å². The van der Waals surface area contributed by atoms with Crippen LogP contribution in [0, 0.1) is 5.92 Å². The maximum absolute atomic E-state index is 5.94. The van der Waals surface area contributed by atoms with Crippen LogP contribution in [0.15, 0.2) is 12.3 Å². The molecule has 88 valence electrons. The van der Waals surface area contributed by atoms with Gasteiger partial charge in [-0.05, 0) is 6.07 Å². The summed E-state index contributed by atoms with van der Waals surface area (Å²) in [6.07, 6.45) is 1.79. The van der Waals surface area contributed by atoms with E-state index in [1.165, 1.54) is 0 Å². The van der Waals surface area contributed by atoms with Gasteiger partial charge in [0.15, 0.2) is 0 Å². The summed E-state index contributed by atoms with van der Waals surface area (Å²) in [5.41, 5.74) is 1.07. The third-order valence-electron chi connectivity index (χ3n) is 3.23. The van der Waals surface area contributed by atoms with Gasteiger partial charge in [0.05, 0.1) is 16.9 Å². The van der Waals surface area contributed by atoms with Gasteiger partial charge in [0.2, 0.25) is 0 Å². The molecule has 2 atom stereocenters. The van der Waals surface area contributed by atoms with Crippen LogP contribution in [0.2, 0.25) is 10.2 Å². The molecule has 0 aliphatic carbocycles. The van der Waals surface area contributed by atoms with E-state index < -0.39 is 0 Å². The molecule has 2 aliphatic rings. The van der Waals surface area contributed by atoms with Crippen molar-refractivity contribution in [1.82, 2.24) is 10.3 Å². The lowest BCUT2D eigenvalue weighted by molar-refractivity contribution is 0.297. The monoisotopic (exact) mass is 279 g/mol. The maximum atomic E-state index is 5.94. The van der Waals surface area contributed by atoms with Crippen LogP contribution < -0.4 is 10.2 Å². The van der Waals surface area contributed by atoms with Crippen molar-refractivity contribution in [2.45, 2.75) is 6.04 Å². The number of aromatic nitrogens is 1. The summed E-state index contributed by atoms with van der Waals surface area (Å²) in [6.45, 7) is 3.28. The quantitative estimate of drug-likeness (QED) is 0.800. The van der Waals surface area contributed by atoms with Crippen molar-refractivity contribution < 1.29 is 0 Å². The summed E-state index contributed by atoms with van der Waals surface area (Å²) in [5.74, 6) is 0.791. The minimum absolute atomic E-state index is 0. The Morgan fingerprint density at radius 3 is 2.69 bits per heavy atom. The summed E-state index contributed by atoms with van der Waals surface area (Å²) in [4.78, 5) is 6.38. The van der Waals surface area contributed by atoms with E-state index in [4.69, 9.17) is 23.2 Å². The molecule has 16 heavy (non-hydrogen) atoms. The molecule has 0 aromatic carbocycles. The van der Waals surface area contributed by atoms with Gasteiger partial charge in [-0.3, -0.25) is 0 Å². The molecule has 3 rings (SSSR count). The Labute approximate surface area is 111 Å². The highest BCUT2D eigenvalue weighted by atomic mass is 35.5. The van der Waals surface area contributed by atoms with Crippen molar-refractivity contribution >= 4 is 41.3 Å². The number of rotatable bonds is 1. The van der Waals surface area contributed by atoms with E-state index in [9.17, 15) is 0 Å². The number of halogens is 3. The van der Waals surface area contributed by atoms with Crippen molar-refractivity contribution in [2.75, 3.05) is 24.5 Å². The largest absolute Gasteiger partial charge is 0.368 e. The van der Waals surface area contributed by atoms with Gasteiger partial charge in [0.25, 0.3) is 0 Å². The molecular weight excluding hydrogens is 268 g/mol. The molecule has 1 aromatic rings. The lowest BCUT2D eigenvalue weighted by Crippen LogP contribution is -2.51. The van der Waals surface area contributed by atoms with Gasteiger partial charge in [-0.2, -0.15) is 0 Å². The number of anilines is 1. The van der Waals surface area contributed by atoms with Crippen molar-refractivity contribution in [1.29, 1.82) is 0 Å². The van der Waals surface area contributed by atoms with Crippen LogP contribution >= 0.6 is 35.6 Å². The van der Waals surface area contributed by atoms with E-state index in [0.29, 0.717) is 16.2 Å². The lowest BCUT2D eigenvalue weighted by Gasteiger charge is -2.29. The summed E-state index contributed by atoms with van der Waals surface area (Å²) in [5, 5.41) is 4.32. The molecule has 3 nitrogen and oxygen atoms in total. The van der Waals surface area contributed by atoms with Crippen LogP contribution in [-0.4, -0.2) is 30.7 Å². The summed E-state index contributed by atoms with van der Waals surface area (Å²) < 4.78 is 0. The second-order valence-corrected chi connectivity index (χ2v) is 4.91. The number of pyridine rings is 1. The molecule has 0 amide bonds. The first kappa shape index (κ1) is 12.2. The van der Waals surface area contributed by atoms with Gasteiger partial charge in [-0.25, -0.2) is 4.98 Å². The second-order valence-electron chi connectivity index (χ2n) is 4.15. The SMILES string of the molecule is Cl.Clc1cc(N2CC3NC[C@H]3C2)cnc1Cl. The fraction of sp³-hybridized carbons (Fsp3) is 0.500. The van der Waals surface area contributed by atoms with Gasteiger partial charge in [0, 0.05) is 31.6 Å². The zero-order valence-corrected chi connectivity index (χ0v) is 10.8. The van der Waals surface area contributed by atoms with Gasteiger partial charge in [-0.15, -0.1) is 12.4 Å². The molecule has 0 radical (unpaired) electrons. The molecule has 2 saturated heterocycles. The normalized spacial score (nSPS) is 27.0. The molecule has 1 unspecified atom stereocenters. The average molecular weight is 281 g/mol. The standard InChI is InChI=1S/C10H11Cl2N3.ClH/c11-8-1-7(3-14-10(8)12)15-4-6-2-13-9(6)5-15;/h1,3,6,9,13H,2,4-5H2;1H/t6-,9?;/m0./s1. The van der Waals surface area contributed by atoms with Crippen molar-refractivity contribution in [3.63, 3.8) is 0 Å². The Balaban J connectivity index is 0.000000963. The smallest absolute Gasteiger partial charge is 0.147 e. The third-order valence-corrected chi connectivity index (χ3v) is 3.92. The third kappa shape index (κ3) is 1.97. The van der Waals surface area contributed by atoms with Crippen LogP contribution in [0.4, 0.5) is 5.69 Å². The lowest BCUT2D eigenvalue weighted by atomic mass is 9.96. The molecule has 3 heterocycles. The molecule has 0 saturated carbocycles. The van der Waals surface area contributed by atoms with Crippen molar-refractivity contribution in [2.24, 2.45) is 5.92 Å². The van der Waals surface area contributed by atoms with Gasteiger partial charge >= 0.3 is 0 Å². The summed E-state index contributed by atoms with van der Waals surface area (Å²) in [7, 11) is 0. The van der Waals surface area contributed by atoms with Gasteiger partial charge in [-0.1, -0.05) is 23.2 Å². The van der Waals surface area contributed by atoms with Crippen molar-refractivity contribution in [3.05, 3.63) is 22.4 Å². The number of hydrogen-bond donors (Lipinski definition) is 1. The molecule has 0 spiro atoms. The summed E-state index contributed by atoms with van der Waals surface area (Å²) >= 11 is 11.7. The first-order valence-electron chi connectivity index (χ1n) is 5.03. The Kier molecular flexibility index (Phi) is 3.50. The number of nitrogens with one attached hydrogen (secondary N) is 1. The zero-order valence-electron chi connectivity index (χ0n) is 8.49. The highest BCUT2D eigenvalue weighted by Gasteiger charge is 2.39. The molecule has 1 N–H and O–H groups in total.